The fourth-order valence-corrected chi connectivity index (χ4v) is 4.62. The lowest BCUT2D eigenvalue weighted by Gasteiger charge is -2.40. The van der Waals surface area contributed by atoms with Crippen molar-refractivity contribution >= 4 is 23.4 Å². The lowest BCUT2D eigenvalue weighted by atomic mass is 9.89. The summed E-state index contributed by atoms with van der Waals surface area (Å²) >= 11 is 0. The van der Waals surface area contributed by atoms with Crippen LogP contribution in [0.1, 0.15) is 45.1 Å². The zero-order valence-corrected chi connectivity index (χ0v) is 18.7. The van der Waals surface area contributed by atoms with Gasteiger partial charge in [-0.2, -0.15) is 10.1 Å². The third kappa shape index (κ3) is 4.92. The number of rotatable bonds is 6. The van der Waals surface area contributed by atoms with E-state index in [-0.39, 0.29) is 6.42 Å². The minimum Gasteiger partial charge on any atom is -0.356 e. The van der Waals surface area contributed by atoms with E-state index in [9.17, 15) is 13.6 Å². The number of nitrogens with one attached hydrogen (secondary N) is 3. The van der Waals surface area contributed by atoms with Crippen LogP contribution in [0.3, 0.4) is 0 Å². The minimum atomic E-state index is -2.84. The summed E-state index contributed by atoms with van der Waals surface area (Å²) in [5, 5.41) is 13.9. The highest BCUT2D eigenvalue weighted by atomic mass is 19.3. The van der Waals surface area contributed by atoms with Crippen LogP contribution in [0.5, 0.6) is 0 Å². The summed E-state index contributed by atoms with van der Waals surface area (Å²) < 4.78 is 28.4. The van der Waals surface area contributed by atoms with Crippen molar-refractivity contribution in [3.05, 3.63) is 24.7 Å². The molecule has 4 heterocycles. The number of piperidine rings is 2. The van der Waals surface area contributed by atoms with Gasteiger partial charge in [0.25, 0.3) is 5.92 Å². The number of halogens is 2. The molecule has 5 rings (SSSR count). The van der Waals surface area contributed by atoms with E-state index in [1.807, 2.05) is 23.9 Å². The molecule has 9 nitrogen and oxygen atoms in total. The number of alkyl halides is 2. The van der Waals surface area contributed by atoms with Crippen LogP contribution in [0.25, 0.3) is 0 Å². The average molecular weight is 461 g/mol. The van der Waals surface area contributed by atoms with Gasteiger partial charge in [-0.25, -0.2) is 13.8 Å². The van der Waals surface area contributed by atoms with Crippen LogP contribution in [-0.4, -0.2) is 63.3 Å². The van der Waals surface area contributed by atoms with Gasteiger partial charge in [0, 0.05) is 37.4 Å². The zero-order chi connectivity index (χ0) is 23.1. The Hall–Kier alpha value is -2.82. The molecule has 1 aliphatic carbocycles. The van der Waals surface area contributed by atoms with Gasteiger partial charge in [-0.15, -0.1) is 0 Å². The number of hydrogen-bond acceptors (Lipinski definition) is 7. The van der Waals surface area contributed by atoms with Gasteiger partial charge in [0.15, 0.2) is 0 Å². The van der Waals surface area contributed by atoms with E-state index in [4.69, 9.17) is 0 Å². The van der Waals surface area contributed by atoms with Crippen LogP contribution in [0.15, 0.2) is 24.7 Å². The number of aromatic nitrogens is 4. The highest BCUT2D eigenvalue weighted by molar-refractivity contribution is 5.83. The monoisotopic (exact) mass is 460 g/mol. The molecular formula is C22H30F2N8O. The second kappa shape index (κ2) is 8.51. The molecule has 0 radical (unpaired) electrons. The van der Waals surface area contributed by atoms with Crippen molar-refractivity contribution in [2.45, 2.75) is 56.5 Å². The smallest absolute Gasteiger partial charge is 0.260 e. The van der Waals surface area contributed by atoms with E-state index in [2.05, 4.69) is 35.9 Å². The van der Waals surface area contributed by atoms with Crippen LogP contribution >= 0.6 is 0 Å². The summed E-state index contributed by atoms with van der Waals surface area (Å²) in [4.78, 5) is 23.2. The summed E-state index contributed by atoms with van der Waals surface area (Å²) in [5.74, 6) is -3.25. The number of hydrogen-bond donors (Lipinski definition) is 3. The van der Waals surface area contributed by atoms with Crippen molar-refractivity contribution < 1.29 is 13.6 Å². The van der Waals surface area contributed by atoms with Gasteiger partial charge in [-0.1, -0.05) is 0 Å². The van der Waals surface area contributed by atoms with Crippen molar-refractivity contribution in [2.24, 2.45) is 5.92 Å². The summed E-state index contributed by atoms with van der Waals surface area (Å²) in [7, 11) is 0. The van der Waals surface area contributed by atoms with Gasteiger partial charge in [-0.3, -0.25) is 9.48 Å². The Morgan fingerprint density at radius 3 is 2.67 bits per heavy atom. The first-order chi connectivity index (χ1) is 15.8. The van der Waals surface area contributed by atoms with Crippen LogP contribution in [0.2, 0.25) is 0 Å². The summed E-state index contributed by atoms with van der Waals surface area (Å²) in [5.41, 5.74) is 0.361. The first kappa shape index (κ1) is 22.0. The van der Waals surface area contributed by atoms with E-state index in [0.717, 1.165) is 37.4 Å². The topological polar surface area (TPSA) is 100 Å². The number of carbonyl (C=O) groups is 1. The molecule has 33 heavy (non-hydrogen) atoms. The predicted octanol–water partition coefficient (Wildman–Crippen LogP) is 2.47. The van der Waals surface area contributed by atoms with E-state index in [1.54, 1.807) is 12.4 Å². The molecule has 1 amide bonds. The molecule has 2 aromatic rings. The quantitative estimate of drug-likeness (QED) is 0.609. The van der Waals surface area contributed by atoms with E-state index >= 15 is 0 Å². The molecule has 2 aromatic heterocycles. The Morgan fingerprint density at radius 2 is 1.97 bits per heavy atom. The molecule has 11 heteroatoms. The largest absolute Gasteiger partial charge is 0.356 e. The molecule has 1 saturated carbocycles. The Bertz CT molecular complexity index is 998. The summed E-state index contributed by atoms with van der Waals surface area (Å²) in [6, 6.07) is 2.26. The van der Waals surface area contributed by atoms with Gasteiger partial charge in [0.05, 0.1) is 17.9 Å². The average Bonchev–Trinajstić information content (AvgIpc) is 3.22. The molecule has 3 N–H and O–H groups in total. The molecule has 0 spiro atoms. The normalized spacial score (nSPS) is 24.3. The van der Waals surface area contributed by atoms with Crippen molar-refractivity contribution in [3.63, 3.8) is 0 Å². The van der Waals surface area contributed by atoms with Gasteiger partial charge >= 0.3 is 0 Å². The van der Waals surface area contributed by atoms with Crippen LogP contribution in [0, 0.1) is 5.92 Å². The third-order valence-corrected chi connectivity index (χ3v) is 6.94. The third-order valence-electron chi connectivity index (χ3n) is 6.94. The molecular weight excluding hydrogens is 430 g/mol. The Morgan fingerprint density at radius 1 is 1.24 bits per heavy atom. The fraction of sp³-hybridized carbons (Fsp3) is 0.636. The van der Waals surface area contributed by atoms with Crippen molar-refractivity contribution in [3.8, 4) is 0 Å². The maximum atomic E-state index is 13.2. The van der Waals surface area contributed by atoms with Gasteiger partial charge < -0.3 is 20.9 Å². The number of carbonyl (C=O) groups excluding carboxylic acids is 1. The maximum Gasteiger partial charge on any atom is 0.260 e. The molecule has 0 unspecified atom stereocenters. The van der Waals surface area contributed by atoms with Gasteiger partial charge in [0.2, 0.25) is 11.9 Å². The molecule has 3 fully saturated rings. The first-order valence-corrected chi connectivity index (χ1v) is 11.6. The Balaban J connectivity index is 1.17. The number of amides is 1. The highest BCUT2D eigenvalue weighted by Crippen LogP contribution is 2.49. The summed E-state index contributed by atoms with van der Waals surface area (Å²) in [6.45, 7) is 5.27. The minimum absolute atomic E-state index is 0.339. The molecule has 2 aliphatic heterocycles. The van der Waals surface area contributed by atoms with Crippen molar-refractivity contribution in [1.29, 1.82) is 0 Å². The first-order valence-electron chi connectivity index (χ1n) is 11.6. The summed E-state index contributed by atoms with van der Waals surface area (Å²) in [6.07, 6.45) is 8.59. The Kier molecular flexibility index (Phi) is 5.67. The molecule has 3 aliphatic rings. The second-order valence-electron chi connectivity index (χ2n) is 9.61. The van der Waals surface area contributed by atoms with E-state index < -0.39 is 23.3 Å². The molecule has 2 saturated heterocycles. The highest BCUT2D eigenvalue weighted by Gasteiger charge is 2.61. The van der Waals surface area contributed by atoms with Crippen molar-refractivity contribution in [1.82, 2.24) is 30.4 Å². The lowest BCUT2D eigenvalue weighted by molar-refractivity contribution is -0.126. The van der Waals surface area contributed by atoms with Gasteiger partial charge in [-0.05, 0) is 51.8 Å². The second-order valence-corrected chi connectivity index (χ2v) is 9.61. The SMILES string of the molecule is CC1(NC(=O)[C@@H]2CC2(F)F)CCN(c2ccnc(Nc3cnn(C4CCNCC4)c3)n2)CC1. The van der Waals surface area contributed by atoms with Gasteiger partial charge in [0.1, 0.15) is 11.7 Å². The molecule has 0 bridgehead atoms. The van der Waals surface area contributed by atoms with Crippen LogP contribution in [0.4, 0.5) is 26.2 Å². The van der Waals surface area contributed by atoms with E-state index in [0.29, 0.717) is 37.9 Å². The molecule has 178 valence electrons. The fourth-order valence-electron chi connectivity index (χ4n) is 4.62. The predicted molar refractivity (Wildman–Crippen MR) is 120 cm³/mol. The molecule has 0 aromatic carbocycles. The molecule has 1 atom stereocenters. The maximum absolute atomic E-state index is 13.2. The lowest BCUT2D eigenvalue weighted by Crippen LogP contribution is -2.54. The Labute approximate surface area is 191 Å². The van der Waals surface area contributed by atoms with Crippen LogP contribution in [-0.2, 0) is 4.79 Å². The van der Waals surface area contributed by atoms with Crippen molar-refractivity contribution in [2.75, 3.05) is 36.4 Å². The number of anilines is 3. The van der Waals surface area contributed by atoms with E-state index in [1.165, 1.54) is 0 Å². The van der Waals surface area contributed by atoms with Crippen LogP contribution < -0.4 is 20.9 Å². The standard InChI is InChI=1S/C22H30F2N8O/c1-21(30-19(33)17-12-22(17,23)24)5-10-31(11-6-21)18-4-9-26-20(29-18)28-15-13-27-32(14-15)16-2-7-25-8-3-16/h4,9,13-14,16-17,25H,2-3,5-8,10-12H2,1H3,(H,30,33)(H,26,28,29)/t17-/m0/s1. The zero-order valence-electron chi connectivity index (χ0n) is 18.7. The number of nitrogens with zero attached hydrogens (tertiary/aromatic N) is 5.